The van der Waals surface area contributed by atoms with Gasteiger partial charge in [-0.25, -0.2) is 0 Å². The lowest BCUT2D eigenvalue weighted by Gasteiger charge is -2.36. The molecule has 0 spiro atoms. The van der Waals surface area contributed by atoms with E-state index in [4.69, 9.17) is 0 Å². The van der Waals surface area contributed by atoms with Crippen LogP contribution in [0, 0.1) is 0 Å². The lowest BCUT2D eigenvalue weighted by molar-refractivity contribution is -0.140. The van der Waals surface area contributed by atoms with Gasteiger partial charge in [0, 0.05) is 62.0 Å². The molecule has 1 unspecified atom stereocenters. The molecule has 0 saturated carbocycles. The smallest absolute Gasteiger partial charge is 0.240 e. The van der Waals surface area contributed by atoms with E-state index in [1.807, 2.05) is 35.2 Å². The normalized spacial score (nSPS) is 20.7. The van der Waals surface area contributed by atoms with Gasteiger partial charge in [0.05, 0.1) is 12.5 Å². The first-order valence-electron chi connectivity index (χ1n) is 9.04. The number of para-hydroxylation sites is 1. The van der Waals surface area contributed by atoms with Crippen molar-refractivity contribution in [3.05, 3.63) is 36.0 Å². The van der Waals surface area contributed by atoms with Crippen LogP contribution in [0.3, 0.4) is 0 Å². The van der Waals surface area contributed by atoms with Crippen molar-refractivity contribution in [2.75, 3.05) is 37.8 Å². The van der Waals surface area contributed by atoms with E-state index in [1.54, 1.807) is 11.8 Å². The number of carbonyl (C=O) groups is 2. The number of carbonyl (C=O) groups excluding carboxylic acids is 2. The second kappa shape index (κ2) is 7.32. The molecule has 2 amide bonds. The van der Waals surface area contributed by atoms with Crippen LogP contribution in [0.2, 0.25) is 0 Å². The Hall–Kier alpha value is -1.99. The second-order valence-corrected chi connectivity index (χ2v) is 7.97. The van der Waals surface area contributed by atoms with Gasteiger partial charge in [-0.15, -0.1) is 11.8 Å². The number of nitrogens with zero attached hydrogens (tertiary/aromatic N) is 3. The molecule has 1 aromatic carbocycles. The Bertz CT molecular complexity index is 820. The highest BCUT2D eigenvalue weighted by molar-refractivity contribution is 7.99. The van der Waals surface area contributed by atoms with Crippen LogP contribution in [0.1, 0.15) is 5.56 Å². The van der Waals surface area contributed by atoms with Crippen molar-refractivity contribution in [2.45, 2.75) is 12.5 Å². The Balaban J connectivity index is 1.37. The summed E-state index contributed by atoms with van der Waals surface area (Å²) < 4.78 is 2.07. The van der Waals surface area contributed by atoms with E-state index in [2.05, 4.69) is 22.0 Å². The van der Waals surface area contributed by atoms with Crippen molar-refractivity contribution >= 4 is 34.5 Å². The van der Waals surface area contributed by atoms with Gasteiger partial charge in [-0.3, -0.25) is 14.9 Å². The van der Waals surface area contributed by atoms with Gasteiger partial charge in [-0.05, 0) is 11.6 Å². The Labute approximate surface area is 157 Å². The van der Waals surface area contributed by atoms with E-state index >= 15 is 0 Å². The minimum absolute atomic E-state index is 0.0575. The standard InChI is InChI=1S/C19H24N4O2S/c1-21-11-14(15-4-2-3-5-17(15)21)10-18(24)22-6-8-23(9-7-22)19(25)16-12-26-13-20-16/h2-5,11,16,20H,6-10,12-13H2,1H3. The van der Waals surface area contributed by atoms with Crippen LogP contribution in [0.5, 0.6) is 0 Å². The van der Waals surface area contributed by atoms with Crippen molar-refractivity contribution in [3.8, 4) is 0 Å². The summed E-state index contributed by atoms with van der Waals surface area (Å²) >= 11 is 1.76. The highest BCUT2D eigenvalue weighted by Crippen LogP contribution is 2.21. The van der Waals surface area contributed by atoms with Gasteiger partial charge in [0.2, 0.25) is 11.8 Å². The van der Waals surface area contributed by atoms with E-state index in [1.165, 1.54) is 0 Å². The highest BCUT2D eigenvalue weighted by atomic mass is 32.2. The number of hydrogen-bond donors (Lipinski definition) is 1. The summed E-state index contributed by atoms with van der Waals surface area (Å²) in [5.74, 6) is 2.01. The molecule has 0 aliphatic carbocycles. The van der Waals surface area contributed by atoms with E-state index in [0.29, 0.717) is 32.6 Å². The number of fused-ring (bicyclic) bond motifs is 1. The first-order valence-corrected chi connectivity index (χ1v) is 10.2. The second-order valence-electron chi connectivity index (χ2n) is 6.94. The molecule has 2 aliphatic rings. The lowest BCUT2D eigenvalue weighted by atomic mass is 10.1. The number of rotatable bonds is 3. The quantitative estimate of drug-likeness (QED) is 0.875. The number of aryl methyl sites for hydroxylation is 1. The zero-order valence-corrected chi connectivity index (χ0v) is 15.8. The maximum atomic E-state index is 12.8. The van der Waals surface area contributed by atoms with E-state index < -0.39 is 0 Å². The number of hydrogen-bond acceptors (Lipinski definition) is 4. The summed E-state index contributed by atoms with van der Waals surface area (Å²) in [6.45, 7) is 2.50. The van der Waals surface area contributed by atoms with Gasteiger partial charge >= 0.3 is 0 Å². The van der Waals surface area contributed by atoms with Crippen molar-refractivity contribution in [3.63, 3.8) is 0 Å². The average molecular weight is 372 g/mol. The maximum absolute atomic E-state index is 12.8. The number of benzene rings is 1. The monoisotopic (exact) mass is 372 g/mol. The summed E-state index contributed by atoms with van der Waals surface area (Å²) in [6, 6.07) is 8.11. The minimum atomic E-state index is -0.0575. The minimum Gasteiger partial charge on any atom is -0.350 e. The van der Waals surface area contributed by atoms with E-state index in [9.17, 15) is 9.59 Å². The maximum Gasteiger partial charge on any atom is 0.240 e. The molecule has 2 fully saturated rings. The molecule has 0 radical (unpaired) electrons. The molecule has 2 aliphatic heterocycles. The SMILES string of the molecule is Cn1cc(CC(=O)N2CCN(C(=O)C3CSCN3)CC2)c2ccccc21. The topological polar surface area (TPSA) is 57.6 Å². The van der Waals surface area contributed by atoms with E-state index in [0.717, 1.165) is 28.1 Å². The summed E-state index contributed by atoms with van der Waals surface area (Å²) in [5, 5.41) is 4.37. The number of aromatic nitrogens is 1. The summed E-state index contributed by atoms with van der Waals surface area (Å²) in [6.07, 6.45) is 2.46. The van der Waals surface area contributed by atoms with Gasteiger partial charge in [-0.1, -0.05) is 18.2 Å². The predicted molar refractivity (Wildman–Crippen MR) is 104 cm³/mol. The first-order chi connectivity index (χ1) is 12.6. The zero-order chi connectivity index (χ0) is 18.1. The van der Waals surface area contributed by atoms with Crippen LogP contribution >= 0.6 is 11.8 Å². The summed E-state index contributed by atoms with van der Waals surface area (Å²) in [5.41, 5.74) is 2.21. The van der Waals surface area contributed by atoms with Crippen LogP contribution in [-0.2, 0) is 23.1 Å². The van der Waals surface area contributed by atoms with Crippen LogP contribution in [0.25, 0.3) is 10.9 Å². The molecule has 2 aromatic rings. The third kappa shape index (κ3) is 3.33. The third-order valence-electron chi connectivity index (χ3n) is 5.28. The fourth-order valence-electron chi connectivity index (χ4n) is 3.79. The molecular formula is C19H24N4O2S. The number of amides is 2. The molecule has 26 heavy (non-hydrogen) atoms. The Morgan fingerprint density at radius 1 is 1.15 bits per heavy atom. The third-order valence-corrected chi connectivity index (χ3v) is 6.22. The molecule has 1 atom stereocenters. The van der Waals surface area contributed by atoms with Crippen molar-refractivity contribution in [1.82, 2.24) is 19.7 Å². The molecule has 2 saturated heterocycles. The Kier molecular flexibility index (Phi) is 4.91. The number of thioether (sulfide) groups is 1. The van der Waals surface area contributed by atoms with Gasteiger partial charge < -0.3 is 14.4 Å². The fourth-order valence-corrected chi connectivity index (χ4v) is 4.72. The van der Waals surface area contributed by atoms with Gasteiger partial charge in [-0.2, -0.15) is 0 Å². The zero-order valence-electron chi connectivity index (χ0n) is 15.0. The molecule has 6 nitrogen and oxygen atoms in total. The average Bonchev–Trinajstić information content (AvgIpc) is 3.31. The largest absolute Gasteiger partial charge is 0.350 e. The molecule has 7 heteroatoms. The van der Waals surface area contributed by atoms with Gasteiger partial charge in [0.25, 0.3) is 0 Å². The molecule has 1 aromatic heterocycles. The van der Waals surface area contributed by atoms with Crippen molar-refractivity contribution in [1.29, 1.82) is 0 Å². The molecule has 138 valence electrons. The predicted octanol–water partition coefficient (Wildman–Crippen LogP) is 1.05. The summed E-state index contributed by atoms with van der Waals surface area (Å²) in [4.78, 5) is 29.0. The molecular weight excluding hydrogens is 348 g/mol. The lowest BCUT2D eigenvalue weighted by Crippen LogP contribution is -2.54. The number of nitrogens with one attached hydrogen (secondary N) is 1. The fraction of sp³-hybridized carbons (Fsp3) is 0.474. The van der Waals surface area contributed by atoms with Crippen molar-refractivity contribution in [2.24, 2.45) is 7.05 Å². The highest BCUT2D eigenvalue weighted by Gasteiger charge is 2.30. The Morgan fingerprint density at radius 3 is 2.62 bits per heavy atom. The number of piperazine rings is 1. The van der Waals surface area contributed by atoms with Crippen molar-refractivity contribution < 1.29 is 9.59 Å². The Morgan fingerprint density at radius 2 is 1.88 bits per heavy atom. The van der Waals surface area contributed by atoms with E-state index in [-0.39, 0.29) is 17.9 Å². The first kappa shape index (κ1) is 17.4. The van der Waals surface area contributed by atoms with Crippen LogP contribution < -0.4 is 5.32 Å². The molecule has 4 rings (SSSR count). The summed E-state index contributed by atoms with van der Waals surface area (Å²) in [7, 11) is 2.01. The molecule has 3 heterocycles. The van der Waals surface area contributed by atoms with Gasteiger partial charge in [0.1, 0.15) is 0 Å². The molecule has 1 N–H and O–H groups in total. The van der Waals surface area contributed by atoms with Crippen LogP contribution in [-0.4, -0.2) is 70.0 Å². The van der Waals surface area contributed by atoms with Crippen LogP contribution in [0.4, 0.5) is 0 Å². The molecule has 0 bridgehead atoms. The van der Waals surface area contributed by atoms with Crippen LogP contribution in [0.15, 0.2) is 30.5 Å². The van der Waals surface area contributed by atoms with Gasteiger partial charge in [0.15, 0.2) is 0 Å².